The van der Waals surface area contributed by atoms with Gasteiger partial charge < -0.3 is 9.88 Å². The lowest BCUT2D eigenvalue weighted by Gasteiger charge is -2.17. The van der Waals surface area contributed by atoms with Gasteiger partial charge in [0.25, 0.3) is 11.5 Å². The molecule has 3 aromatic heterocycles. The first-order chi connectivity index (χ1) is 12.5. The van der Waals surface area contributed by atoms with Crippen LogP contribution in [-0.2, 0) is 0 Å². The number of nitrogens with zero attached hydrogens (tertiary/aromatic N) is 4. The predicted octanol–water partition coefficient (Wildman–Crippen LogP) is 2.40. The Morgan fingerprint density at radius 1 is 1.38 bits per heavy atom. The number of aryl methyl sites for hydroxylation is 2. The molecule has 0 bridgehead atoms. The number of carbonyl (C=O) groups is 1. The zero-order valence-electron chi connectivity index (χ0n) is 14.6. The van der Waals surface area contributed by atoms with Gasteiger partial charge >= 0.3 is 0 Å². The van der Waals surface area contributed by atoms with Crippen molar-refractivity contribution in [1.82, 2.24) is 24.6 Å². The smallest absolute Gasteiger partial charge is 0.264 e. The molecule has 0 aromatic carbocycles. The van der Waals surface area contributed by atoms with E-state index in [2.05, 4.69) is 15.1 Å². The zero-order chi connectivity index (χ0) is 18.3. The first-order valence-corrected chi connectivity index (χ1v) is 9.36. The number of thiophene rings is 1. The van der Waals surface area contributed by atoms with E-state index < -0.39 is 5.56 Å². The number of hydrogen-bond donors (Lipinski definition) is 1. The second-order valence-corrected chi connectivity index (χ2v) is 7.46. The molecule has 0 radical (unpaired) electrons. The molecule has 0 saturated carbocycles. The van der Waals surface area contributed by atoms with Crippen molar-refractivity contribution in [3.05, 3.63) is 57.1 Å². The maximum Gasteiger partial charge on any atom is 0.264 e. The lowest BCUT2D eigenvalue weighted by atomic mass is 10.2. The summed E-state index contributed by atoms with van der Waals surface area (Å²) in [6.07, 6.45) is 2.21. The Bertz CT molecular complexity index is 1010. The topological polar surface area (TPSA) is 83.9 Å². The maximum atomic E-state index is 12.8. The van der Waals surface area contributed by atoms with Crippen LogP contribution >= 0.6 is 11.3 Å². The first kappa shape index (κ1) is 16.7. The van der Waals surface area contributed by atoms with Gasteiger partial charge in [-0.15, -0.1) is 11.3 Å². The summed E-state index contributed by atoms with van der Waals surface area (Å²) >= 11 is 1.49. The molecular weight excluding hydrogens is 350 g/mol. The molecule has 1 atom stereocenters. The lowest BCUT2D eigenvalue weighted by Crippen LogP contribution is -2.33. The normalized spacial score (nSPS) is 17.0. The van der Waals surface area contributed by atoms with E-state index in [1.165, 1.54) is 17.5 Å². The van der Waals surface area contributed by atoms with E-state index >= 15 is 0 Å². The molecule has 134 valence electrons. The number of nitrogens with one attached hydrogen (secondary N) is 1. The number of rotatable bonds is 3. The largest absolute Gasteiger partial charge is 0.336 e. The lowest BCUT2D eigenvalue weighted by molar-refractivity contribution is 0.0784. The quantitative estimate of drug-likeness (QED) is 0.768. The Morgan fingerprint density at radius 2 is 2.23 bits per heavy atom. The highest BCUT2D eigenvalue weighted by molar-refractivity contribution is 7.13. The van der Waals surface area contributed by atoms with Crippen LogP contribution in [0, 0.1) is 13.8 Å². The second-order valence-electron chi connectivity index (χ2n) is 6.52. The highest BCUT2D eigenvalue weighted by Crippen LogP contribution is 2.24. The number of likely N-dealkylation sites (tertiary alicyclic amines) is 1. The first-order valence-electron chi connectivity index (χ1n) is 8.48. The van der Waals surface area contributed by atoms with E-state index in [0.29, 0.717) is 18.9 Å². The molecule has 1 aliphatic rings. The van der Waals surface area contributed by atoms with Gasteiger partial charge in [0, 0.05) is 25.0 Å². The van der Waals surface area contributed by atoms with Crippen molar-refractivity contribution in [3.8, 4) is 10.7 Å². The number of H-pyrrole nitrogens is 1. The highest BCUT2D eigenvalue weighted by Gasteiger charge is 2.30. The molecule has 26 heavy (non-hydrogen) atoms. The fraction of sp³-hybridized carbons (Fsp3) is 0.333. The molecule has 1 saturated heterocycles. The summed E-state index contributed by atoms with van der Waals surface area (Å²) in [6.45, 7) is 5.13. The van der Waals surface area contributed by atoms with Gasteiger partial charge in [-0.05, 0) is 37.8 Å². The average Bonchev–Trinajstić information content (AvgIpc) is 3.34. The van der Waals surface area contributed by atoms with Gasteiger partial charge in [-0.25, -0.2) is 4.98 Å². The van der Waals surface area contributed by atoms with E-state index in [-0.39, 0.29) is 17.5 Å². The molecule has 0 unspecified atom stereocenters. The molecule has 1 N–H and O–H groups in total. The van der Waals surface area contributed by atoms with Crippen LogP contribution in [-0.4, -0.2) is 43.6 Å². The summed E-state index contributed by atoms with van der Waals surface area (Å²) in [7, 11) is 0. The molecule has 7 nitrogen and oxygen atoms in total. The fourth-order valence-electron chi connectivity index (χ4n) is 3.40. The van der Waals surface area contributed by atoms with Gasteiger partial charge in [-0.2, -0.15) is 5.10 Å². The van der Waals surface area contributed by atoms with Crippen LogP contribution in [0.25, 0.3) is 10.7 Å². The van der Waals surface area contributed by atoms with E-state index in [1.807, 2.05) is 42.1 Å². The highest BCUT2D eigenvalue weighted by atomic mass is 32.1. The zero-order valence-corrected chi connectivity index (χ0v) is 15.4. The summed E-state index contributed by atoms with van der Waals surface area (Å²) in [4.78, 5) is 34.7. The van der Waals surface area contributed by atoms with Crippen LogP contribution in [0.3, 0.4) is 0 Å². The van der Waals surface area contributed by atoms with Crippen molar-refractivity contribution in [2.24, 2.45) is 0 Å². The Kier molecular flexibility index (Phi) is 4.20. The van der Waals surface area contributed by atoms with Gasteiger partial charge in [-0.3, -0.25) is 14.3 Å². The monoisotopic (exact) mass is 369 g/mol. The molecule has 8 heteroatoms. The Hall–Kier alpha value is -2.74. The predicted molar refractivity (Wildman–Crippen MR) is 99.4 cm³/mol. The van der Waals surface area contributed by atoms with E-state index in [1.54, 1.807) is 4.90 Å². The fourth-order valence-corrected chi connectivity index (χ4v) is 4.07. The Balaban J connectivity index is 1.53. The van der Waals surface area contributed by atoms with E-state index in [4.69, 9.17) is 0 Å². The average molecular weight is 369 g/mol. The summed E-state index contributed by atoms with van der Waals surface area (Å²) < 4.78 is 1.98. The minimum Gasteiger partial charge on any atom is -0.336 e. The molecular formula is C18H19N5O2S. The van der Waals surface area contributed by atoms with Crippen LogP contribution in [0.2, 0.25) is 0 Å². The molecule has 1 aliphatic heterocycles. The third kappa shape index (κ3) is 2.96. The van der Waals surface area contributed by atoms with Gasteiger partial charge in [0.1, 0.15) is 11.4 Å². The molecule has 3 aromatic rings. The number of carbonyl (C=O) groups excluding carboxylic acids is 1. The number of amides is 1. The molecule has 4 heterocycles. The molecule has 1 fully saturated rings. The standard InChI is InChI=1S/C18H19N5O2S/c1-11-8-12(2)23(21-11)13-5-6-22(10-13)18(25)14-9-19-16(20-17(14)24)15-4-3-7-26-15/h3-4,7-9,13H,5-6,10H2,1-2H3,(H,19,20,24)/t13-/m0/s1. The van der Waals surface area contributed by atoms with Crippen LogP contribution in [0.4, 0.5) is 0 Å². The van der Waals surface area contributed by atoms with E-state index in [9.17, 15) is 9.59 Å². The van der Waals surface area contributed by atoms with Crippen molar-refractivity contribution in [2.75, 3.05) is 13.1 Å². The van der Waals surface area contributed by atoms with Crippen molar-refractivity contribution in [1.29, 1.82) is 0 Å². The number of aromatic amines is 1. The SMILES string of the molecule is Cc1cc(C)n([C@H]2CCN(C(=O)c3cnc(-c4cccs4)[nH]c3=O)C2)n1. The van der Waals surface area contributed by atoms with Crippen molar-refractivity contribution >= 4 is 17.2 Å². The van der Waals surface area contributed by atoms with Crippen molar-refractivity contribution in [3.63, 3.8) is 0 Å². The van der Waals surface area contributed by atoms with Crippen LogP contribution in [0.5, 0.6) is 0 Å². The minimum atomic E-state index is -0.400. The summed E-state index contributed by atoms with van der Waals surface area (Å²) in [6, 6.07) is 5.94. The summed E-state index contributed by atoms with van der Waals surface area (Å²) in [5, 5.41) is 6.43. The Morgan fingerprint density at radius 3 is 2.88 bits per heavy atom. The summed E-state index contributed by atoms with van der Waals surface area (Å²) in [5.41, 5.74) is 1.74. The third-order valence-corrected chi connectivity index (χ3v) is 5.50. The van der Waals surface area contributed by atoms with E-state index in [0.717, 1.165) is 22.7 Å². The van der Waals surface area contributed by atoms with Gasteiger partial charge in [-0.1, -0.05) is 6.07 Å². The van der Waals surface area contributed by atoms with Gasteiger partial charge in [0.2, 0.25) is 0 Å². The van der Waals surface area contributed by atoms with Crippen molar-refractivity contribution in [2.45, 2.75) is 26.3 Å². The Labute approximate surface area is 154 Å². The number of aromatic nitrogens is 4. The van der Waals surface area contributed by atoms with Crippen LogP contribution in [0.1, 0.15) is 34.2 Å². The molecule has 0 spiro atoms. The summed E-state index contributed by atoms with van der Waals surface area (Å²) in [5.74, 6) is 0.212. The molecule has 1 amide bonds. The minimum absolute atomic E-state index is 0.0827. The van der Waals surface area contributed by atoms with Crippen LogP contribution in [0.15, 0.2) is 34.6 Å². The van der Waals surface area contributed by atoms with Gasteiger partial charge in [0.15, 0.2) is 0 Å². The molecule has 0 aliphatic carbocycles. The third-order valence-electron chi connectivity index (χ3n) is 4.63. The van der Waals surface area contributed by atoms with Crippen molar-refractivity contribution < 1.29 is 4.79 Å². The van der Waals surface area contributed by atoms with Gasteiger partial charge in [0.05, 0.1) is 16.6 Å². The maximum absolute atomic E-state index is 12.8. The second kappa shape index (κ2) is 6.53. The van der Waals surface area contributed by atoms with Crippen LogP contribution < -0.4 is 5.56 Å². The molecule has 4 rings (SSSR count). The number of hydrogen-bond acceptors (Lipinski definition) is 5.